The normalized spacial score (nSPS) is 11.5. The molecule has 96 valence electrons. The van der Waals surface area contributed by atoms with Crippen LogP contribution in [-0.4, -0.2) is 20.8 Å². The van der Waals surface area contributed by atoms with Gasteiger partial charge in [-0.3, -0.25) is 0 Å². The SMILES string of the molecule is COc1cc(C(C)(C)CN)c(OC)c(C)c1C. The van der Waals surface area contributed by atoms with Crippen molar-refractivity contribution in [2.45, 2.75) is 33.1 Å². The molecule has 0 aliphatic heterocycles. The topological polar surface area (TPSA) is 44.5 Å². The fourth-order valence-electron chi connectivity index (χ4n) is 1.95. The molecule has 0 saturated heterocycles. The van der Waals surface area contributed by atoms with Gasteiger partial charge in [-0.15, -0.1) is 0 Å². The van der Waals surface area contributed by atoms with Gasteiger partial charge in [-0.25, -0.2) is 0 Å². The summed E-state index contributed by atoms with van der Waals surface area (Å²) in [5.74, 6) is 1.80. The third-order valence-electron chi connectivity index (χ3n) is 3.46. The van der Waals surface area contributed by atoms with Crippen molar-refractivity contribution >= 4 is 0 Å². The molecule has 0 aliphatic rings. The number of nitrogens with two attached hydrogens (primary N) is 1. The van der Waals surface area contributed by atoms with E-state index >= 15 is 0 Å². The summed E-state index contributed by atoms with van der Waals surface area (Å²) in [5, 5.41) is 0. The van der Waals surface area contributed by atoms with Crippen LogP contribution in [0, 0.1) is 13.8 Å². The molecule has 0 fully saturated rings. The van der Waals surface area contributed by atoms with Crippen LogP contribution in [0.5, 0.6) is 11.5 Å². The predicted octanol–water partition coefficient (Wildman–Crippen LogP) is 2.56. The molecule has 0 saturated carbocycles. The van der Waals surface area contributed by atoms with E-state index in [0.717, 1.165) is 28.2 Å². The highest BCUT2D eigenvalue weighted by Gasteiger charge is 2.26. The minimum atomic E-state index is -0.128. The van der Waals surface area contributed by atoms with E-state index in [1.807, 2.05) is 19.9 Å². The van der Waals surface area contributed by atoms with Crippen LogP contribution in [0.15, 0.2) is 6.07 Å². The maximum atomic E-state index is 5.85. The van der Waals surface area contributed by atoms with Gasteiger partial charge >= 0.3 is 0 Å². The maximum Gasteiger partial charge on any atom is 0.126 e. The summed E-state index contributed by atoms with van der Waals surface area (Å²) in [7, 11) is 3.39. The van der Waals surface area contributed by atoms with E-state index in [4.69, 9.17) is 15.2 Å². The summed E-state index contributed by atoms with van der Waals surface area (Å²) in [5.41, 5.74) is 9.04. The van der Waals surface area contributed by atoms with E-state index in [-0.39, 0.29) is 5.41 Å². The van der Waals surface area contributed by atoms with Crippen molar-refractivity contribution in [2.75, 3.05) is 20.8 Å². The molecule has 0 bridgehead atoms. The Bertz CT molecular complexity index is 411. The number of hydrogen-bond donors (Lipinski definition) is 1. The monoisotopic (exact) mass is 237 g/mol. The molecule has 0 amide bonds. The highest BCUT2D eigenvalue weighted by atomic mass is 16.5. The standard InChI is InChI=1S/C14H23NO2/c1-9-10(2)13(17-6)11(7-12(9)16-5)14(3,4)8-15/h7H,8,15H2,1-6H3. The Morgan fingerprint density at radius 3 is 2.12 bits per heavy atom. The molecule has 0 atom stereocenters. The summed E-state index contributed by atoms with van der Waals surface area (Å²) in [4.78, 5) is 0. The number of rotatable bonds is 4. The molecule has 2 N–H and O–H groups in total. The minimum absolute atomic E-state index is 0.128. The van der Waals surface area contributed by atoms with Crippen LogP contribution >= 0.6 is 0 Å². The lowest BCUT2D eigenvalue weighted by Crippen LogP contribution is -2.29. The third kappa shape index (κ3) is 2.39. The van der Waals surface area contributed by atoms with Gasteiger partial charge in [-0.05, 0) is 31.0 Å². The number of hydrogen-bond acceptors (Lipinski definition) is 3. The largest absolute Gasteiger partial charge is 0.496 e. The first kappa shape index (κ1) is 13.8. The van der Waals surface area contributed by atoms with Crippen molar-refractivity contribution in [3.05, 3.63) is 22.8 Å². The van der Waals surface area contributed by atoms with Crippen LogP contribution in [0.2, 0.25) is 0 Å². The molecular weight excluding hydrogens is 214 g/mol. The molecule has 3 nitrogen and oxygen atoms in total. The maximum absolute atomic E-state index is 5.85. The average Bonchev–Trinajstić information content (AvgIpc) is 2.32. The molecule has 0 radical (unpaired) electrons. The Hall–Kier alpha value is -1.22. The first-order valence-electron chi connectivity index (χ1n) is 5.81. The second-order valence-corrected chi connectivity index (χ2v) is 5.00. The summed E-state index contributed by atoms with van der Waals surface area (Å²) < 4.78 is 10.9. The Labute approximate surface area is 104 Å². The summed E-state index contributed by atoms with van der Waals surface area (Å²) in [6.07, 6.45) is 0. The lowest BCUT2D eigenvalue weighted by atomic mass is 9.82. The van der Waals surface area contributed by atoms with Gasteiger partial charge in [-0.2, -0.15) is 0 Å². The fraction of sp³-hybridized carbons (Fsp3) is 0.571. The average molecular weight is 237 g/mol. The van der Waals surface area contributed by atoms with Gasteiger partial charge in [0.15, 0.2) is 0 Å². The number of ether oxygens (including phenoxy) is 2. The van der Waals surface area contributed by atoms with E-state index < -0.39 is 0 Å². The van der Waals surface area contributed by atoms with Gasteiger partial charge in [0, 0.05) is 17.5 Å². The lowest BCUT2D eigenvalue weighted by Gasteiger charge is -2.28. The third-order valence-corrected chi connectivity index (χ3v) is 3.46. The molecule has 0 spiro atoms. The molecule has 0 aliphatic carbocycles. The second-order valence-electron chi connectivity index (χ2n) is 5.00. The second kappa shape index (κ2) is 4.96. The smallest absolute Gasteiger partial charge is 0.126 e. The lowest BCUT2D eigenvalue weighted by molar-refractivity contribution is 0.379. The van der Waals surface area contributed by atoms with Gasteiger partial charge in [0.1, 0.15) is 11.5 Å². The van der Waals surface area contributed by atoms with E-state index in [1.54, 1.807) is 14.2 Å². The Morgan fingerprint density at radius 1 is 1.12 bits per heavy atom. The Morgan fingerprint density at radius 2 is 1.71 bits per heavy atom. The molecule has 0 heterocycles. The van der Waals surface area contributed by atoms with Crippen molar-refractivity contribution in [2.24, 2.45) is 5.73 Å². The first-order chi connectivity index (χ1) is 7.88. The molecular formula is C14H23NO2. The Balaban J connectivity index is 3.53. The Kier molecular flexibility index (Phi) is 4.04. The number of methoxy groups -OCH3 is 2. The molecule has 17 heavy (non-hydrogen) atoms. The van der Waals surface area contributed by atoms with Crippen molar-refractivity contribution in [1.82, 2.24) is 0 Å². The van der Waals surface area contributed by atoms with Crippen molar-refractivity contribution in [1.29, 1.82) is 0 Å². The van der Waals surface area contributed by atoms with Crippen molar-refractivity contribution < 1.29 is 9.47 Å². The zero-order chi connectivity index (χ0) is 13.2. The molecule has 3 heteroatoms. The van der Waals surface area contributed by atoms with Crippen LogP contribution in [0.25, 0.3) is 0 Å². The van der Waals surface area contributed by atoms with Crippen LogP contribution in [-0.2, 0) is 5.41 Å². The minimum Gasteiger partial charge on any atom is -0.496 e. The van der Waals surface area contributed by atoms with Crippen LogP contribution in [0.4, 0.5) is 0 Å². The van der Waals surface area contributed by atoms with Gasteiger partial charge in [0.2, 0.25) is 0 Å². The zero-order valence-corrected chi connectivity index (χ0v) is 11.7. The van der Waals surface area contributed by atoms with Gasteiger partial charge in [-0.1, -0.05) is 13.8 Å². The fourth-order valence-corrected chi connectivity index (χ4v) is 1.95. The molecule has 1 rings (SSSR count). The van der Waals surface area contributed by atoms with Gasteiger partial charge < -0.3 is 15.2 Å². The van der Waals surface area contributed by atoms with Crippen molar-refractivity contribution in [3.63, 3.8) is 0 Å². The highest BCUT2D eigenvalue weighted by Crippen LogP contribution is 2.39. The number of benzene rings is 1. The molecule has 1 aromatic rings. The van der Waals surface area contributed by atoms with Gasteiger partial charge in [0.05, 0.1) is 14.2 Å². The van der Waals surface area contributed by atoms with Crippen LogP contribution in [0.1, 0.15) is 30.5 Å². The zero-order valence-electron chi connectivity index (χ0n) is 11.7. The summed E-state index contributed by atoms with van der Waals surface area (Å²) in [6.45, 7) is 8.87. The summed E-state index contributed by atoms with van der Waals surface area (Å²) >= 11 is 0. The van der Waals surface area contributed by atoms with E-state index in [9.17, 15) is 0 Å². The van der Waals surface area contributed by atoms with Gasteiger partial charge in [0.25, 0.3) is 0 Å². The van der Waals surface area contributed by atoms with Crippen LogP contribution in [0.3, 0.4) is 0 Å². The quantitative estimate of drug-likeness (QED) is 0.875. The van der Waals surface area contributed by atoms with E-state index in [1.165, 1.54) is 0 Å². The molecule has 0 unspecified atom stereocenters. The van der Waals surface area contributed by atoms with Crippen molar-refractivity contribution in [3.8, 4) is 11.5 Å². The van der Waals surface area contributed by atoms with E-state index in [0.29, 0.717) is 6.54 Å². The highest BCUT2D eigenvalue weighted by molar-refractivity contribution is 5.55. The molecule has 0 aromatic heterocycles. The predicted molar refractivity (Wildman–Crippen MR) is 71.1 cm³/mol. The van der Waals surface area contributed by atoms with Crippen LogP contribution < -0.4 is 15.2 Å². The first-order valence-corrected chi connectivity index (χ1v) is 5.81. The van der Waals surface area contributed by atoms with E-state index in [2.05, 4.69) is 13.8 Å². The summed E-state index contributed by atoms with van der Waals surface area (Å²) in [6, 6.07) is 2.04. The molecule has 1 aromatic carbocycles.